The van der Waals surface area contributed by atoms with E-state index in [4.69, 9.17) is 4.74 Å². The molecule has 0 atom stereocenters. The average Bonchev–Trinajstić information content (AvgIpc) is 2.77. The van der Waals surface area contributed by atoms with Crippen molar-refractivity contribution in [3.63, 3.8) is 0 Å². The van der Waals surface area contributed by atoms with Crippen molar-refractivity contribution >= 4 is 22.9 Å². The molecule has 1 heterocycles. The van der Waals surface area contributed by atoms with Gasteiger partial charge in [0.2, 0.25) is 5.01 Å². The molecule has 5 nitrogen and oxygen atoms in total. The third-order valence-corrected chi connectivity index (χ3v) is 2.91. The monoisotopic (exact) mass is 249 g/mol. The first-order valence-corrected chi connectivity index (χ1v) is 5.76. The van der Waals surface area contributed by atoms with E-state index in [1.807, 2.05) is 6.92 Å². The van der Waals surface area contributed by atoms with E-state index in [2.05, 4.69) is 15.5 Å². The van der Waals surface area contributed by atoms with E-state index in [-0.39, 0.29) is 5.91 Å². The Labute approximate surface area is 102 Å². The van der Waals surface area contributed by atoms with Gasteiger partial charge in [0.15, 0.2) is 0 Å². The molecule has 0 bridgehead atoms. The Bertz CT molecular complexity index is 522. The summed E-state index contributed by atoms with van der Waals surface area (Å²) in [7, 11) is 1.59. The molecule has 2 aromatic rings. The zero-order valence-electron chi connectivity index (χ0n) is 9.43. The summed E-state index contributed by atoms with van der Waals surface area (Å²) >= 11 is 1.26. The van der Waals surface area contributed by atoms with Gasteiger partial charge in [0.1, 0.15) is 10.8 Å². The van der Waals surface area contributed by atoms with E-state index < -0.39 is 0 Å². The molecule has 0 unspecified atom stereocenters. The normalized spacial score (nSPS) is 10.0. The molecule has 88 valence electrons. The number of carbonyl (C=O) groups is 1. The third kappa shape index (κ3) is 2.79. The number of amides is 1. The highest BCUT2D eigenvalue weighted by Crippen LogP contribution is 2.16. The second-order valence-electron chi connectivity index (χ2n) is 3.31. The molecule has 1 aromatic carbocycles. The summed E-state index contributed by atoms with van der Waals surface area (Å²) in [6, 6.07) is 7.09. The lowest BCUT2D eigenvalue weighted by Gasteiger charge is -2.03. The molecule has 2 rings (SSSR count). The van der Waals surface area contributed by atoms with Crippen LogP contribution in [0, 0.1) is 6.92 Å². The fraction of sp³-hybridized carbons (Fsp3) is 0.182. The largest absolute Gasteiger partial charge is 0.497 e. The lowest BCUT2D eigenvalue weighted by molar-refractivity contribution is 0.102. The molecule has 0 saturated carbocycles. The fourth-order valence-electron chi connectivity index (χ4n) is 1.25. The first-order chi connectivity index (χ1) is 8.19. The van der Waals surface area contributed by atoms with Gasteiger partial charge in [-0.15, -0.1) is 10.2 Å². The first kappa shape index (κ1) is 11.5. The molecule has 0 aliphatic carbocycles. The van der Waals surface area contributed by atoms with Crippen molar-refractivity contribution in [2.24, 2.45) is 0 Å². The van der Waals surface area contributed by atoms with Crippen LogP contribution in [-0.2, 0) is 0 Å². The van der Waals surface area contributed by atoms with Crippen LogP contribution in [0.4, 0.5) is 5.69 Å². The molecule has 17 heavy (non-hydrogen) atoms. The summed E-state index contributed by atoms with van der Waals surface area (Å²) < 4.78 is 5.03. The number of aryl methyl sites for hydroxylation is 1. The van der Waals surface area contributed by atoms with Crippen LogP contribution < -0.4 is 10.1 Å². The molecule has 1 N–H and O–H groups in total. The van der Waals surface area contributed by atoms with E-state index in [0.717, 1.165) is 10.8 Å². The van der Waals surface area contributed by atoms with Crippen molar-refractivity contribution in [1.29, 1.82) is 0 Å². The van der Waals surface area contributed by atoms with E-state index >= 15 is 0 Å². The number of carbonyl (C=O) groups excluding carboxylic acids is 1. The number of hydrogen-bond donors (Lipinski definition) is 1. The van der Waals surface area contributed by atoms with Crippen molar-refractivity contribution in [3.05, 3.63) is 34.3 Å². The predicted molar refractivity (Wildman–Crippen MR) is 65.6 cm³/mol. The fourth-order valence-corrected chi connectivity index (χ4v) is 1.83. The van der Waals surface area contributed by atoms with Crippen molar-refractivity contribution in [2.45, 2.75) is 6.92 Å². The number of ether oxygens (including phenoxy) is 1. The van der Waals surface area contributed by atoms with E-state index in [9.17, 15) is 4.79 Å². The van der Waals surface area contributed by atoms with Crippen molar-refractivity contribution < 1.29 is 9.53 Å². The Morgan fingerprint density at radius 3 is 2.53 bits per heavy atom. The van der Waals surface area contributed by atoms with Crippen LogP contribution in [0.2, 0.25) is 0 Å². The molecule has 0 aliphatic rings. The van der Waals surface area contributed by atoms with Crippen LogP contribution in [0.25, 0.3) is 0 Å². The van der Waals surface area contributed by atoms with Crippen LogP contribution in [-0.4, -0.2) is 23.2 Å². The predicted octanol–water partition coefficient (Wildman–Crippen LogP) is 2.11. The third-order valence-electron chi connectivity index (χ3n) is 2.07. The Hall–Kier alpha value is -1.95. The van der Waals surface area contributed by atoms with Crippen LogP contribution in [0.1, 0.15) is 14.8 Å². The van der Waals surface area contributed by atoms with E-state index in [1.54, 1.807) is 31.4 Å². The maximum absolute atomic E-state index is 11.7. The highest BCUT2D eigenvalue weighted by Gasteiger charge is 2.11. The zero-order valence-corrected chi connectivity index (χ0v) is 10.2. The first-order valence-electron chi connectivity index (χ1n) is 4.94. The highest BCUT2D eigenvalue weighted by molar-refractivity contribution is 7.13. The van der Waals surface area contributed by atoms with Gasteiger partial charge in [-0.1, -0.05) is 11.3 Å². The molecule has 0 fully saturated rings. The maximum atomic E-state index is 11.7. The van der Waals surface area contributed by atoms with Crippen LogP contribution in [0.15, 0.2) is 24.3 Å². The summed E-state index contributed by atoms with van der Waals surface area (Å²) in [6.07, 6.45) is 0. The second kappa shape index (κ2) is 4.92. The molecule has 0 aliphatic heterocycles. The molecule has 1 amide bonds. The number of aromatic nitrogens is 2. The molecular formula is C11H11N3O2S. The van der Waals surface area contributed by atoms with Crippen molar-refractivity contribution in [3.8, 4) is 5.75 Å². The van der Waals surface area contributed by atoms with Gasteiger partial charge in [-0.2, -0.15) is 0 Å². The van der Waals surface area contributed by atoms with E-state index in [0.29, 0.717) is 10.7 Å². The van der Waals surface area contributed by atoms with Gasteiger partial charge in [0, 0.05) is 5.69 Å². The lowest BCUT2D eigenvalue weighted by Crippen LogP contribution is -2.11. The van der Waals surface area contributed by atoms with Gasteiger partial charge in [-0.25, -0.2) is 0 Å². The zero-order chi connectivity index (χ0) is 12.3. The Balaban J connectivity index is 2.07. The number of benzene rings is 1. The Morgan fingerprint density at radius 1 is 1.29 bits per heavy atom. The number of rotatable bonds is 3. The number of methoxy groups -OCH3 is 1. The topological polar surface area (TPSA) is 64.1 Å². The number of hydrogen-bond acceptors (Lipinski definition) is 5. The van der Waals surface area contributed by atoms with Crippen LogP contribution in [0.3, 0.4) is 0 Å². The minimum Gasteiger partial charge on any atom is -0.497 e. The lowest BCUT2D eigenvalue weighted by atomic mass is 10.3. The van der Waals surface area contributed by atoms with Gasteiger partial charge in [-0.05, 0) is 31.2 Å². The Kier molecular flexibility index (Phi) is 3.34. The summed E-state index contributed by atoms with van der Waals surface area (Å²) in [6.45, 7) is 1.81. The number of nitrogens with one attached hydrogen (secondary N) is 1. The van der Waals surface area contributed by atoms with Gasteiger partial charge < -0.3 is 10.1 Å². The smallest absolute Gasteiger partial charge is 0.286 e. The van der Waals surface area contributed by atoms with Crippen LogP contribution in [0.5, 0.6) is 5.75 Å². The standard InChI is InChI=1S/C11H11N3O2S/c1-7-13-14-11(17-7)10(15)12-8-3-5-9(16-2)6-4-8/h3-6H,1-2H3,(H,12,15). The summed E-state index contributed by atoms with van der Waals surface area (Å²) in [5, 5.41) is 11.4. The van der Waals surface area contributed by atoms with Gasteiger partial charge >= 0.3 is 0 Å². The molecule has 0 spiro atoms. The van der Waals surface area contributed by atoms with E-state index in [1.165, 1.54) is 11.3 Å². The van der Waals surface area contributed by atoms with Gasteiger partial charge in [-0.3, -0.25) is 4.79 Å². The SMILES string of the molecule is COc1ccc(NC(=O)c2nnc(C)s2)cc1. The summed E-state index contributed by atoms with van der Waals surface area (Å²) in [5.74, 6) is 0.496. The van der Waals surface area contributed by atoms with Gasteiger partial charge in [0.05, 0.1) is 7.11 Å². The minimum atomic E-state index is -0.249. The molecule has 1 aromatic heterocycles. The summed E-state index contributed by atoms with van der Waals surface area (Å²) in [4.78, 5) is 11.7. The summed E-state index contributed by atoms with van der Waals surface area (Å²) in [5.41, 5.74) is 0.698. The number of anilines is 1. The maximum Gasteiger partial charge on any atom is 0.286 e. The average molecular weight is 249 g/mol. The number of nitrogens with zero attached hydrogens (tertiary/aromatic N) is 2. The molecule has 0 radical (unpaired) electrons. The quantitative estimate of drug-likeness (QED) is 0.904. The highest BCUT2D eigenvalue weighted by atomic mass is 32.1. The Morgan fingerprint density at radius 2 is 2.00 bits per heavy atom. The molecule has 0 saturated heterocycles. The van der Waals surface area contributed by atoms with Crippen molar-refractivity contribution in [1.82, 2.24) is 10.2 Å². The van der Waals surface area contributed by atoms with Crippen molar-refractivity contribution in [2.75, 3.05) is 12.4 Å². The second-order valence-corrected chi connectivity index (χ2v) is 4.49. The minimum absolute atomic E-state index is 0.249. The molecular weight excluding hydrogens is 238 g/mol. The van der Waals surface area contributed by atoms with Gasteiger partial charge in [0.25, 0.3) is 5.91 Å². The van der Waals surface area contributed by atoms with Crippen LogP contribution >= 0.6 is 11.3 Å². The molecule has 6 heteroatoms.